The molecule has 1 fully saturated rings. The second-order valence-corrected chi connectivity index (χ2v) is 7.40. The van der Waals surface area contributed by atoms with E-state index in [-0.39, 0.29) is 0 Å². The van der Waals surface area contributed by atoms with Crippen molar-refractivity contribution in [2.75, 3.05) is 18.6 Å². The number of aromatic nitrogens is 4. The molecule has 2 atom stereocenters. The van der Waals surface area contributed by atoms with Crippen molar-refractivity contribution >= 4 is 50.2 Å². The SMILES string of the molecule is COC(=O)[C@@H]1[C@@H](O)CCN1c1cc(-n2cncn2)c2cc(Cl)c(Br)cc2n1. The van der Waals surface area contributed by atoms with Crippen LogP contribution >= 0.6 is 27.5 Å². The summed E-state index contributed by atoms with van der Waals surface area (Å²) >= 11 is 9.69. The van der Waals surface area contributed by atoms with Crippen molar-refractivity contribution in [1.29, 1.82) is 0 Å². The molecule has 1 aliphatic rings. The third-order valence-corrected chi connectivity index (χ3v) is 5.78. The van der Waals surface area contributed by atoms with E-state index in [1.165, 1.54) is 13.4 Å². The van der Waals surface area contributed by atoms with Gasteiger partial charge in [-0.15, -0.1) is 0 Å². The molecular formula is C17H15BrClN5O3. The summed E-state index contributed by atoms with van der Waals surface area (Å²) in [6.07, 6.45) is 2.64. The Hall–Kier alpha value is -2.23. The summed E-state index contributed by atoms with van der Waals surface area (Å²) in [6.45, 7) is 0.477. The van der Waals surface area contributed by atoms with Gasteiger partial charge in [0.15, 0.2) is 6.04 Å². The lowest BCUT2D eigenvalue weighted by molar-refractivity contribution is -0.144. The van der Waals surface area contributed by atoms with E-state index in [9.17, 15) is 9.90 Å². The Balaban J connectivity index is 1.92. The number of ether oxygens (including phenoxy) is 1. The Kier molecular flexibility index (Phi) is 4.75. The van der Waals surface area contributed by atoms with E-state index in [0.29, 0.717) is 39.5 Å². The largest absolute Gasteiger partial charge is 0.467 e. The predicted octanol–water partition coefficient (Wildman–Crippen LogP) is 2.34. The molecule has 140 valence electrons. The zero-order valence-corrected chi connectivity index (χ0v) is 16.6. The summed E-state index contributed by atoms with van der Waals surface area (Å²) in [5.41, 5.74) is 1.38. The van der Waals surface area contributed by atoms with Crippen LogP contribution in [0.25, 0.3) is 16.6 Å². The van der Waals surface area contributed by atoms with E-state index < -0.39 is 18.1 Å². The van der Waals surface area contributed by atoms with Crippen molar-refractivity contribution in [3.05, 3.63) is 40.3 Å². The summed E-state index contributed by atoms with van der Waals surface area (Å²) in [5.74, 6) is 0.0376. The molecule has 1 saturated heterocycles. The Morgan fingerprint density at radius 2 is 2.22 bits per heavy atom. The van der Waals surface area contributed by atoms with Gasteiger partial charge < -0.3 is 14.7 Å². The maximum atomic E-state index is 12.2. The molecule has 0 saturated carbocycles. The Morgan fingerprint density at radius 1 is 1.41 bits per heavy atom. The molecule has 1 aliphatic heterocycles. The van der Waals surface area contributed by atoms with E-state index in [1.807, 2.05) is 0 Å². The number of aliphatic hydroxyl groups is 1. The molecule has 27 heavy (non-hydrogen) atoms. The van der Waals surface area contributed by atoms with E-state index in [1.54, 1.807) is 34.1 Å². The second-order valence-electron chi connectivity index (χ2n) is 6.14. The van der Waals surface area contributed by atoms with Crippen LogP contribution in [0.5, 0.6) is 0 Å². The molecule has 4 rings (SSSR count). The van der Waals surface area contributed by atoms with E-state index >= 15 is 0 Å². The second kappa shape index (κ2) is 7.06. The molecular weight excluding hydrogens is 438 g/mol. The predicted molar refractivity (Wildman–Crippen MR) is 103 cm³/mol. The van der Waals surface area contributed by atoms with Gasteiger partial charge in [-0.05, 0) is 34.5 Å². The minimum atomic E-state index is -0.818. The molecule has 10 heteroatoms. The van der Waals surface area contributed by atoms with Gasteiger partial charge >= 0.3 is 5.97 Å². The summed E-state index contributed by atoms with van der Waals surface area (Å²) < 4.78 is 7.17. The van der Waals surface area contributed by atoms with Gasteiger partial charge in [-0.3, -0.25) is 0 Å². The van der Waals surface area contributed by atoms with E-state index in [4.69, 9.17) is 16.3 Å². The molecule has 1 aromatic carbocycles. The first kappa shape index (κ1) is 18.1. The molecule has 2 aromatic heterocycles. The van der Waals surface area contributed by atoms with Gasteiger partial charge in [-0.2, -0.15) is 5.10 Å². The standard InChI is InChI=1S/C17H15BrClN5O3/c1-27-17(26)16-14(25)2-3-23(16)15-6-13(24-8-20-7-21-24)9-4-11(19)10(18)5-12(9)22-15/h4-8,14,16,25H,2-3H2,1H3/t14-,16-/m0/s1. The van der Waals surface area contributed by atoms with Crippen LogP contribution in [0.3, 0.4) is 0 Å². The molecule has 1 N–H and O–H groups in total. The third kappa shape index (κ3) is 3.15. The van der Waals surface area contributed by atoms with Crippen molar-refractivity contribution < 1.29 is 14.6 Å². The number of nitrogens with zero attached hydrogens (tertiary/aromatic N) is 5. The molecule has 3 aromatic rings. The molecule has 0 radical (unpaired) electrons. The van der Waals surface area contributed by atoms with E-state index in [0.717, 1.165) is 5.39 Å². The highest BCUT2D eigenvalue weighted by atomic mass is 79.9. The molecule has 3 heterocycles. The quantitative estimate of drug-likeness (QED) is 0.610. The molecule has 0 aliphatic carbocycles. The average Bonchev–Trinajstić information content (AvgIpc) is 3.31. The van der Waals surface area contributed by atoms with Crippen LogP contribution in [0.15, 0.2) is 35.3 Å². The summed E-state index contributed by atoms with van der Waals surface area (Å²) in [7, 11) is 1.30. The summed E-state index contributed by atoms with van der Waals surface area (Å²) in [6, 6.07) is 4.60. The first-order valence-electron chi connectivity index (χ1n) is 8.17. The third-order valence-electron chi connectivity index (χ3n) is 4.58. The van der Waals surface area contributed by atoms with Gasteiger partial charge in [0.2, 0.25) is 0 Å². The van der Waals surface area contributed by atoms with Crippen LogP contribution in [0.1, 0.15) is 6.42 Å². The van der Waals surface area contributed by atoms with Gasteiger partial charge in [0.1, 0.15) is 18.5 Å². The molecule has 0 amide bonds. The molecule has 0 spiro atoms. The number of esters is 1. The Bertz CT molecular complexity index is 1010. The Morgan fingerprint density at radius 3 is 2.93 bits per heavy atom. The first-order chi connectivity index (χ1) is 13.0. The van der Waals surface area contributed by atoms with Gasteiger partial charge in [-0.25, -0.2) is 19.4 Å². The fourth-order valence-electron chi connectivity index (χ4n) is 3.30. The number of pyridine rings is 1. The zero-order chi connectivity index (χ0) is 19.1. The summed E-state index contributed by atoms with van der Waals surface area (Å²) in [4.78, 5) is 22.6. The highest BCUT2D eigenvalue weighted by molar-refractivity contribution is 9.10. The zero-order valence-electron chi connectivity index (χ0n) is 14.2. The lowest BCUT2D eigenvalue weighted by Gasteiger charge is -2.26. The lowest BCUT2D eigenvalue weighted by Crippen LogP contribution is -2.43. The fourth-order valence-corrected chi connectivity index (χ4v) is 3.79. The van der Waals surface area contributed by atoms with Crippen LogP contribution in [0, 0.1) is 0 Å². The minimum absolute atomic E-state index is 0.447. The van der Waals surface area contributed by atoms with Gasteiger partial charge in [0.05, 0.1) is 29.4 Å². The summed E-state index contributed by atoms with van der Waals surface area (Å²) in [5, 5.41) is 15.8. The van der Waals surface area contributed by atoms with Crippen molar-refractivity contribution in [2.24, 2.45) is 0 Å². The van der Waals surface area contributed by atoms with Crippen LogP contribution in [-0.4, -0.2) is 56.6 Å². The maximum absolute atomic E-state index is 12.2. The van der Waals surface area contributed by atoms with Crippen molar-refractivity contribution in [2.45, 2.75) is 18.6 Å². The highest BCUT2D eigenvalue weighted by Gasteiger charge is 2.40. The topological polar surface area (TPSA) is 93.4 Å². The smallest absolute Gasteiger partial charge is 0.331 e. The van der Waals surface area contributed by atoms with Crippen molar-refractivity contribution in [3.63, 3.8) is 0 Å². The van der Waals surface area contributed by atoms with Crippen LogP contribution < -0.4 is 4.90 Å². The minimum Gasteiger partial charge on any atom is -0.467 e. The number of anilines is 1. The number of hydrogen-bond donors (Lipinski definition) is 1. The number of methoxy groups -OCH3 is 1. The fraction of sp³-hybridized carbons (Fsp3) is 0.294. The number of carbonyl (C=O) groups is 1. The normalized spacial score (nSPS) is 19.6. The van der Waals surface area contributed by atoms with Gasteiger partial charge in [-0.1, -0.05) is 11.6 Å². The van der Waals surface area contributed by atoms with Crippen LogP contribution in [-0.2, 0) is 9.53 Å². The van der Waals surface area contributed by atoms with Crippen LogP contribution in [0.4, 0.5) is 5.82 Å². The van der Waals surface area contributed by atoms with Crippen molar-refractivity contribution in [1.82, 2.24) is 19.7 Å². The van der Waals surface area contributed by atoms with E-state index in [2.05, 4.69) is 31.0 Å². The van der Waals surface area contributed by atoms with Crippen molar-refractivity contribution in [3.8, 4) is 5.69 Å². The number of carbonyl (C=O) groups excluding carboxylic acids is 1. The average molecular weight is 453 g/mol. The molecule has 8 nitrogen and oxygen atoms in total. The number of fused-ring (bicyclic) bond motifs is 1. The maximum Gasteiger partial charge on any atom is 0.331 e. The molecule has 0 bridgehead atoms. The molecule has 0 unspecified atom stereocenters. The monoisotopic (exact) mass is 451 g/mol. The number of rotatable bonds is 3. The van der Waals surface area contributed by atoms with Gasteiger partial charge in [0, 0.05) is 22.5 Å². The number of benzene rings is 1. The number of halogens is 2. The van der Waals surface area contributed by atoms with Crippen LogP contribution in [0.2, 0.25) is 5.02 Å². The first-order valence-corrected chi connectivity index (χ1v) is 9.34. The number of hydrogen-bond acceptors (Lipinski definition) is 7. The Labute approximate surface area is 167 Å². The lowest BCUT2D eigenvalue weighted by atomic mass is 10.1. The highest BCUT2D eigenvalue weighted by Crippen LogP contribution is 2.34. The van der Waals surface area contributed by atoms with Gasteiger partial charge in [0.25, 0.3) is 0 Å². The number of aliphatic hydroxyl groups excluding tert-OH is 1.